The molecule has 0 unspecified atom stereocenters. The number of nitrogens with zero attached hydrogens (tertiary/aromatic N) is 1. The van der Waals surface area contributed by atoms with Gasteiger partial charge in [-0.1, -0.05) is 36.4 Å². The standard InChI is InChI=1S/C23H21N3O4S/c24-22(27)14-16-8-10-19(11-9-16)25-23(28)18-5-3-6-20(15-18)31(29,30)26-13-12-17-4-1-2-7-21(17)26/h1-11,15H,12-14H2,(H2,24,27)(H,25,28). The van der Waals surface area contributed by atoms with Gasteiger partial charge in [0.2, 0.25) is 5.91 Å². The highest BCUT2D eigenvalue weighted by Crippen LogP contribution is 2.32. The van der Waals surface area contributed by atoms with Crippen molar-refractivity contribution in [3.8, 4) is 0 Å². The van der Waals surface area contributed by atoms with Gasteiger partial charge < -0.3 is 11.1 Å². The number of benzene rings is 3. The number of para-hydroxylation sites is 1. The number of carbonyl (C=O) groups is 2. The molecule has 3 aromatic carbocycles. The van der Waals surface area contributed by atoms with Crippen LogP contribution in [0.1, 0.15) is 21.5 Å². The Morgan fingerprint density at radius 3 is 2.45 bits per heavy atom. The van der Waals surface area contributed by atoms with Crippen LogP contribution in [-0.4, -0.2) is 26.8 Å². The number of nitrogens with one attached hydrogen (secondary N) is 1. The molecule has 1 aliphatic heterocycles. The zero-order chi connectivity index (χ0) is 22.0. The normalized spacial score (nSPS) is 13.0. The number of nitrogens with two attached hydrogens (primary N) is 1. The Labute approximate surface area is 180 Å². The molecule has 31 heavy (non-hydrogen) atoms. The molecule has 3 aromatic rings. The third-order valence-electron chi connectivity index (χ3n) is 5.12. The number of carbonyl (C=O) groups excluding carboxylic acids is 2. The van der Waals surface area contributed by atoms with Crippen LogP contribution >= 0.6 is 0 Å². The number of fused-ring (bicyclic) bond motifs is 1. The maximum atomic E-state index is 13.2. The van der Waals surface area contributed by atoms with Crippen LogP contribution in [-0.2, 0) is 27.7 Å². The molecule has 8 heteroatoms. The van der Waals surface area contributed by atoms with Crippen molar-refractivity contribution in [2.75, 3.05) is 16.2 Å². The Hall–Kier alpha value is -3.65. The molecule has 4 rings (SSSR count). The van der Waals surface area contributed by atoms with Gasteiger partial charge in [0.05, 0.1) is 17.0 Å². The molecule has 0 radical (unpaired) electrons. The molecule has 1 heterocycles. The van der Waals surface area contributed by atoms with Crippen LogP contribution in [0.4, 0.5) is 11.4 Å². The highest BCUT2D eigenvalue weighted by atomic mass is 32.2. The van der Waals surface area contributed by atoms with Crippen molar-refractivity contribution >= 4 is 33.2 Å². The molecule has 0 saturated carbocycles. The van der Waals surface area contributed by atoms with E-state index in [0.717, 1.165) is 11.1 Å². The third kappa shape index (κ3) is 4.29. The minimum Gasteiger partial charge on any atom is -0.369 e. The van der Waals surface area contributed by atoms with Crippen LogP contribution in [0.3, 0.4) is 0 Å². The number of sulfonamides is 1. The lowest BCUT2D eigenvalue weighted by Crippen LogP contribution is -2.29. The van der Waals surface area contributed by atoms with Crippen molar-refractivity contribution in [3.05, 3.63) is 89.5 Å². The summed E-state index contributed by atoms with van der Waals surface area (Å²) in [5, 5.41) is 2.74. The zero-order valence-corrected chi connectivity index (χ0v) is 17.4. The van der Waals surface area contributed by atoms with E-state index in [1.54, 1.807) is 42.5 Å². The van der Waals surface area contributed by atoms with E-state index in [9.17, 15) is 18.0 Å². The third-order valence-corrected chi connectivity index (χ3v) is 6.93. The number of amides is 2. The van der Waals surface area contributed by atoms with E-state index in [2.05, 4.69) is 5.32 Å². The van der Waals surface area contributed by atoms with Crippen molar-refractivity contribution in [1.29, 1.82) is 0 Å². The van der Waals surface area contributed by atoms with E-state index < -0.39 is 21.8 Å². The first-order valence-corrected chi connectivity index (χ1v) is 11.2. The van der Waals surface area contributed by atoms with Crippen LogP contribution in [0.2, 0.25) is 0 Å². The summed E-state index contributed by atoms with van der Waals surface area (Å²) < 4.78 is 27.8. The monoisotopic (exact) mass is 435 g/mol. The van der Waals surface area contributed by atoms with Gasteiger partial charge in [-0.15, -0.1) is 0 Å². The van der Waals surface area contributed by atoms with Gasteiger partial charge in [0.15, 0.2) is 0 Å². The largest absolute Gasteiger partial charge is 0.369 e. The summed E-state index contributed by atoms with van der Waals surface area (Å²) in [5.41, 5.74) is 8.34. The smallest absolute Gasteiger partial charge is 0.264 e. The maximum absolute atomic E-state index is 13.2. The molecule has 1 aliphatic rings. The lowest BCUT2D eigenvalue weighted by molar-refractivity contribution is -0.117. The van der Waals surface area contributed by atoms with Crippen LogP contribution in [0, 0.1) is 0 Å². The fourth-order valence-corrected chi connectivity index (χ4v) is 5.14. The molecule has 158 valence electrons. The number of anilines is 2. The van der Waals surface area contributed by atoms with Crippen LogP contribution in [0.25, 0.3) is 0 Å². The summed E-state index contributed by atoms with van der Waals surface area (Å²) in [6, 6.07) is 20.1. The molecule has 0 aromatic heterocycles. The van der Waals surface area contributed by atoms with Gasteiger partial charge in [-0.3, -0.25) is 13.9 Å². The summed E-state index contributed by atoms with van der Waals surface area (Å²) in [6.45, 7) is 0.371. The van der Waals surface area contributed by atoms with E-state index in [-0.39, 0.29) is 16.9 Å². The van der Waals surface area contributed by atoms with Gasteiger partial charge in [-0.05, 0) is 53.9 Å². The minimum absolute atomic E-state index is 0.0636. The lowest BCUT2D eigenvalue weighted by Gasteiger charge is -2.20. The van der Waals surface area contributed by atoms with Crippen LogP contribution < -0.4 is 15.4 Å². The fourth-order valence-electron chi connectivity index (χ4n) is 3.59. The van der Waals surface area contributed by atoms with Crippen molar-refractivity contribution in [2.24, 2.45) is 5.73 Å². The Morgan fingerprint density at radius 1 is 0.968 bits per heavy atom. The van der Waals surface area contributed by atoms with Gasteiger partial charge in [0, 0.05) is 17.8 Å². The van der Waals surface area contributed by atoms with Crippen molar-refractivity contribution < 1.29 is 18.0 Å². The molecule has 3 N–H and O–H groups in total. The highest BCUT2D eigenvalue weighted by Gasteiger charge is 2.30. The molecule has 0 fully saturated rings. The number of rotatable bonds is 6. The molecular formula is C23H21N3O4S. The van der Waals surface area contributed by atoms with E-state index in [1.165, 1.54) is 16.4 Å². The van der Waals surface area contributed by atoms with Crippen molar-refractivity contribution in [1.82, 2.24) is 0 Å². The van der Waals surface area contributed by atoms with Gasteiger partial charge in [0.1, 0.15) is 0 Å². The summed E-state index contributed by atoms with van der Waals surface area (Å²) >= 11 is 0. The average molecular weight is 436 g/mol. The Morgan fingerprint density at radius 2 is 1.71 bits per heavy atom. The second-order valence-corrected chi connectivity index (χ2v) is 9.14. The molecule has 0 aliphatic carbocycles. The predicted molar refractivity (Wildman–Crippen MR) is 118 cm³/mol. The first-order chi connectivity index (χ1) is 14.8. The average Bonchev–Trinajstić information content (AvgIpc) is 3.20. The molecule has 0 spiro atoms. The fraction of sp³-hybridized carbons (Fsp3) is 0.130. The highest BCUT2D eigenvalue weighted by molar-refractivity contribution is 7.92. The number of primary amides is 1. The molecule has 2 amide bonds. The van der Waals surface area contributed by atoms with E-state index in [0.29, 0.717) is 24.3 Å². The summed E-state index contributed by atoms with van der Waals surface area (Å²) in [4.78, 5) is 23.7. The summed E-state index contributed by atoms with van der Waals surface area (Å²) in [5.74, 6) is -0.864. The van der Waals surface area contributed by atoms with Crippen molar-refractivity contribution in [3.63, 3.8) is 0 Å². The minimum atomic E-state index is -3.79. The Kier molecular flexibility index (Phi) is 5.48. The lowest BCUT2D eigenvalue weighted by atomic mass is 10.1. The molecule has 0 saturated heterocycles. The van der Waals surface area contributed by atoms with Crippen molar-refractivity contribution in [2.45, 2.75) is 17.7 Å². The van der Waals surface area contributed by atoms with E-state index >= 15 is 0 Å². The summed E-state index contributed by atoms with van der Waals surface area (Å²) in [6.07, 6.45) is 0.773. The molecule has 0 atom stereocenters. The quantitative estimate of drug-likeness (QED) is 0.620. The number of hydrogen-bond donors (Lipinski definition) is 2. The molecular weight excluding hydrogens is 414 g/mol. The topological polar surface area (TPSA) is 110 Å². The van der Waals surface area contributed by atoms with Crippen LogP contribution in [0.5, 0.6) is 0 Å². The van der Waals surface area contributed by atoms with Gasteiger partial charge in [-0.25, -0.2) is 8.42 Å². The Balaban J connectivity index is 1.54. The first kappa shape index (κ1) is 20.6. The van der Waals surface area contributed by atoms with Gasteiger partial charge in [0.25, 0.3) is 15.9 Å². The zero-order valence-electron chi connectivity index (χ0n) is 16.6. The number of hydrogen-bond acceptors (Lipinski definition) is 4. The second kappa shape index (κ2) is 8.23. The summed E-state index contributed by atoms with van der Waals surface area (Å²) in [7, 11) is -3.79. The molecule has 7 nitrogen and oxygen atoms in total. The van der Waals surface area contributed by atoms with Gasteiger partial charge >= 0.3 is 0 Å². The van der Waals surface area contributed by atoms with Gasteiger partial charge in [-0.2, -0.15) is 0 Å². The molecule has 0 bridgehead atoms. The first-order valence-electron chi connectivity index (χ1n) is 9.74. The van der Waals surface area contributed by atoms with E-state index in [1.807, 2.05) is 18.2 Å². The second-order valence-electron chi connectivity index (χ2n) is 7.28. The predicted octanol–water partition coefficient (Wildman–Crippen LogP) is 2.72. The van der Waals surface area contributed by atoms with Crippen LogP contribution in [0.15, 0.2) is 77.7 Å². The van der Waals surface area contributed by atoms with E-state index in [4.69, 9.17) is 5.73 Å². The maximum Gasteiger partial charge on any atom is 0.264 e. The Bertz CT molecular complexity index is 1250. The SMILES string of the molecule is NC(=O)Cc1ccc(NC(=O)c2cccc(S(=O)(=O)N3CCc4ccccc43)c2)cc1.